The number of anilines is 1. The molecule has 0 N–H and O–H groups in total. The predicted molar refractivity (Wildman–Crippen MR) is 127 cm³/mol. The van der Waals surface area contributed by atoms with E-state index in [4.69, 9.17) is 19.3 Å². The molecule has 0 bridgehead atoms. The van der Waals surface area contributed by atoms with E-state index in [1.54, 1.807) is 4.52 Å². The van der Waals surface area contributed by atoms with Gasteiger partial charge in [0.15, 0.2) is 17.3 Å². The van der Waals surface area contributed by atoms with Gasteiger partial charge in [0.1, 0.15) is 5.01 Å². The van der Waals surface area contributed by atoms with Gasteiger partial charge in [0.25, 0.3) is 0 Å². The Bertz CT molecular complexity index is 1170. The number of fused-ring (bicyclic) bond motifs is 1. The van der Waals surface area contributed by atoms with Gasteiger partial charge in [-0.2, -0.15) is 9.61 Å². The van der Waals surface area contributed by atoms with Crippen molar-refractivity contribution in [1.82, 2.24) is 19.8 Å². The largest absolute Gasteiger partial charge is 0.490 e. The maximum atomic E-state index is 5.85. The van der Waals surface area contributed by atoms with Crippen molar-refractivity contribution in [3.63, 3.8) is 0 Å². The monoisotopic (exact) mass is 453 g/mol. The van der Waals surface area contributed by atoms with E-state index in [0.717, 1.165) is 26.8 Å². The van der Waals surface area contributed by atoms with Gasteiger partial charge in [-0.1, -0.05) is 11.3 Å². The highest BCUT2D eigenvalue weighted by Gasteiger charge is 2.20. The van der Waals surface area contributed by atoms with E-state index in [1.807, 2.05) is 59.1 Å². The zero-order chi connectivity index (χ0) is 22.7. The Morgan fingerprint density at radius 3 is 2.03 bits per heavy atom. The SMILES string of the molecule is CCOc1cc(-c2nn3c(-c4ccc(N(C)C)cc4)nnc3s2)cc(OCC)c1OCC. The van der Waals surface area contributed by atoms with E-state index in [9.17, 15) is 0 Å². The van der Waals surface area contributed by atoms with E-state index < -0.39 is 0 Å². The molecule has 8 nitrogen and oxygen atoms in total. The summed E-state index contributed by atoms with van der Waals surface area (Å²) in [6.45, 7) is 7.39. The minimum Gasteiger partial charge on any atom is -0.490 e. The van der Waals surface area contributed by atoms with Crippen LogP contribution < -0.4 is 19.1 Å². The molecule has 0 saturated carbocycles. The molecule has 0 spiro atoms. The summed E-state index contributed by atoms with van der Waals surface area (Å²) in [5, 5.41) is 14.3. The van der Waals surface area contributed by atoms with Gasteiger partial charge in [0, 0.05) is 30.9 Å². The second kappa shape index (κ2) is 9.44. The quantitative estimate of drug-likeness (QED) is 0.361. The molecular weight excluding hydrogens is 426 g/mol. The number of hydrogen-bond donors (Lipinski definition) is 0. The second-order valence-electron chi connectivity index (χ2n) is 7.17. The third kappa shape index (κ3) is 4.20. The fourth-order valence-corrected chi connectivity index (χ4v) is 4.16. The molecule has 2 aromatic heterocycles. The lowest BCUT2D eigenvalue weighted by molar-refractivity contribution is 0.261. The maximum absolute atomic E-state index is 5.85. The Labute approximate surface area is 191 Å². The highest BCUT2D eigenvalue weighted by Crippen LogP contribution is 2.42. The maximum Gasteiger partial charge on any atom is 0.235 e. The first-order valence-electron chi connectivity index (χ1n) is 10.6. The minimum atomic E-state index is 0.520. The normalized spacial score (nSPS) is 11.0. The van der Waals surface area contributed by atoms with Gasteiger partial charge in [0.2, 0.25) is 10.7 Å². The summed E-state index contributed by atoms with van der Waals surface area (Å²) in [4.78, 5) is 2.78. The average molecular weight is 454 g/mol. The van der Waals surface area contributed by atoms with Crippen molar-refractivity contribution in [3.05, 3.63) is 36.4 Å². The summed E-state index contributed by atoms with van der Waals surface area (Å²) in [5.74, 6) is 2.60. The van der Waals surface area contributed by atoms with Crippen LogP contribution in [0.15, 0.2) is 36.4 Å². The fourth-order valence-electron chi connectivity index (χ4n) is 3.33. The summed E-state index contributed by atoms with van der Waals surface area (Å²) in [6, 6.07) is 12.0. The van der Waals surface area contributed by atoms with Crippen molar-refractivity contribution >= 4 is 22.0 Å². The highest BCUT2D eigenvalue weighted by atomic mass is 32.1. The van der Waals surface area contributed by atoms with Gasteiger partial charge in [-0.05, 0) is 57.2 Å². The highest BCUT2D eigenvalue weighted by molar-refractivity contribution is 7.19. The Morgan fingerprint density at radius 2 is 1.47 bits per heavy atom. The number of benzene rings is 2. The summed E-state index contributed by atoms with van der Waals surface area (Å²) >= 11 is 1.46. The molecule has 0 saturated heterocycles. The average Bonchev–Trinajstić information content (AvgIpc) is 3.37. The van der Waals surface area contributed by atoms with Crippen LogP contribution in [0.2, 0.25) is 0 Å². The zero-order valence-corrected chi connectivity index (χ0v) is 19.8. The number of nitrogens with zero attached hydrogens (tertiary/aromatic N) is 5. The van der Waals surface area contributed by atoms with Crippen LogP contribution in [-0.4, -0.2) is 53.7 Å². The number of rotatable bonds is 9. The van der Waals surface area contributed by atoms with Gasteiger partial charge < -0.3 is 19.1 Å². The van der Waals surface area contributed by atoms with Crippen molar-refractivity contribution in [2.24, 2.45) is 0 Å². The first-order valence-corrected chi connectivity index (χ1v) is 11.4. The van der Waals surface area contributed by atoms with E-state index in [-0.39, 0.29) is 0 Å². The van der Waals surface area contributed by atoms with E-state index in [1.165, 1.54) is 11.3 Å². The van der Waals surface area contributed by atoms with E-state index in [0.29, 0.717) is 42.9 Å². The lowest BCUT2D eigenvalue weighted by Gasteiger charge is -2.16. The second-order valence-corrected chi connectivity index (χ2v) is 8.12. The lowest BCUT2D eigenvalue weighted by Crippen LogP contribution is -2.08. The van der Waals surface area contributed by atoms with Crippen LogP contribution >= 0.6 is 11.3 Å². The standard InChI is InChI=1S/C23H27N5O3S/c1-6-29-18-13-16(14-19(30-7-2)20(18)31-8-3)22-26-28-21(24-25-23(28)32-22)15-9-11-17(12-10-15)27(4)5/h9-14H,6-8H2,1-5H3. The van der Waals surface area contributed by atoms with Crippen molar-refractivity contribution < 1.29 is 14.2 Å². The smallest absolute Gasteiger partial charge is 0.235 e. The lowest BCUT2D eigenvalue weighted by atomic mass is 10.2. The first-order chi connectivity index (χ1) is 15.5. The van der Waals surface area contributed by atoms with Crippen LogP contribution in [0.3, 0.4) is 0 Å². The summed E-state index contributed by atoms with van der Waals surface area (Å²) in [6.07, 6.45) is 0. The Morgan fingerprint density at radius 1 is 0.844 bits per heavy atom. The fraction of sp³-hybridized carbons (Fsp3) is 0.348. The van der Waals surface area contributed by atoms with E-state index in [2.05, 4.69) is 27.2 Å². The van der Waals surface area contributed by atoms with Crippen LogP contribution in [-0.2, 0) is 0 Å². The minimum absolute atomic E-state index is 0.520. The molecule has 0 aliphatic rings. The van der Waals surface area contributed by atoms with Crippen molar-refractivity contribution in [2.45, 2.75) is 20.8 Å². The first kappa shape index (κ1) is 21.9. The molecule has 0 aliphatic carbocycles. The summed E-state index contributed by atoms with van der Waals surface area (Å²) in [5.41, 5.74) is 2.95. The Kier molecular flexibility index (Phi) is 6.45. The predicted octanol–water partition coefficient (Wildman–Crippen LogP) is 4.78. The third-order valence-electron chi connectivity index (χ3n) is 4.79. The third-order valence-corrected chi connectivity index (χ3v) is 5.74. The van der Waals surface area contributed by atoms with Crippen molar-refractivity contribution in [1.29, 1.82) is 0 Å². The molecule has 9 heteroatoms. The summed E-state index contributed by atoms with van der Waals surface area (Å²) < 4.78 is 19.3. The molecule has 4 rings (SSSR count). The van der Waals surface area contributed by atoms with Gasteiger partial charge in [-0.25, -0.2) is 0 Å². The molecule has 0 fully saturated rings. The van der Waals surface area contributed by atoms with E-state index >= 15 is 0 Å². The van der Waals surface area contributed by atoms with Crippen LogP contribution in [0, 0.1) is 0 Å². The topological polar surface area (TPSA) is 74.0 Å². The molecule has 0 amide bonds. The molecule has 2 aromatic carbocycles. The van der Waals surface area contributed by atoms with Crippen LogP contribution in [0.1, 0.15) is 20.8 Å². The van der Waals surface area contributed by atoms with Crippen LogP contribution in [0.5, 0.6) is 17.2 Å². The molecule has 4 aromatic rings. The molecular formula is C23H27N5O3S. The van der Waals surface area contributed by atoms with Crippen LogP contribution in [0.4, 0.5) is 5.69 Å². The molecule has 0 atom stereocenters. The van der Waals surface area contributed by atoms with Crippen molar-refractivity contribution in [2.75, 3.05) is 38.8 Å². The molecule has 168 valence electrons. The summed E-state index contributed by atoms with van der Waals surface area (Å²) in [7, 11) is 4.03. The number of aromatic nitrogens is 4. The van der Waals surface area contributed by atoms with Crippen LogP contribution in [0.25, 0.3) is 26.9 Å². The van der Waals surface area contributed by atoms with Crippen molar-refractivity contribution in [3.8, 4) is 39.2 Å². The Balaban J connectivity index is 1.77. The van der Waals surface area contributed by atoms with Gasteiger partial charge in [-0.3, -0.25) is 0 Å². The molecule has 2 heterocycles. The number of ether oxygens (including phenoxy) is 3. The Hall–Kier alpha value is -3.33. The molecule has 0 radical (unpaired) electrons. The van der Waals surface area contributed by atoms with Gasteiger partial charge in [-0.15, -0.1) is 10.2 Å². The molecule has 0 aliphatic heterocycles. The molecule has 0 unspecified atom stereocenters. The molecule has 32 heavy (non-hydrogen) atoms. The zero-order valence-electron chi connectivity index (χ0n) is 19.0. The number of hydrogen-bond acceptors (Lipinski definition) is 8. The van der Waals surface area contributed by atoms with Gasteiger partial charge in [0.05, 0.1) is 19.8 Å². The van der Waals surface area contributed by atoms with Gasteiger partial charge >= 0.3 is 0 Å².